The minimum Gasteiger partial charge on any atom is -0.396 e. The fraction of sp³-hybridized carbons (Fsp3) is 0.240. The monoisotopic (exact) mass is 491 g/mol. The maximum atomic E-state index is 13.5. The van der Waals surface area contributed by atoms with Gasteiger partial charge in [-0.05, 0) is 29.8 Å². The second-order valence-electron chi connectivity index (χ2n) is 8.69. The van der Waals surface area contributed by atoms with Crippen molar-refractivity contribution in [1.29, 1.82) is 0 Å². The number of aromatic nitrogens is 4. The Morgan fingerprint density at radius 2 is 1.97 bits per heavy atom. The highest BCUT2D eigenvalue weighted by Crippen LogP contribution is 2.32. The summed E-state index contributed by atoms with van der Waals surface area (Å²) in [6, 6.07) is 10.2. The van der Waals surface area contributed by atoms with E-state index in [9.17, 15) is 14.7 Å². The predicted octanol–water partition coefficient (Wildman–Crippen LogP) is 2.90. The van der Waals surface area contributed by atoms with Crippen molar-refractivity contribution in [2.24, 2.45) is 5.41 Å². The normalized spacial score (nSPS) is 14.5. The number of halogens is 1. The average Bonchev–Trinajstić information content (AvgIpc) is 3.21. The molecule has 0 bridgehead atoms. The Bertz CT molecular complexity index is 1390. The molecule has 1 amide bonds. The smallest absolute Gasteiger partial charge is 0.229 e. The number of fused-ring (bicyclic) bond motifs is 1. The third-order valence-corrected chi connectivity index (χ3v) is 6.26. The number of carbonyl (C=O) groups is 2. The van der Waals surface area contributed by atoms with Gasteiger partial charge in [0.15, 0.2) is 5.78 Å². The highest BCUT2D eigenvalue weighted by Gasteiger charge is 2.39. The molecular formula is C25H22ClN5O4. The molecule has 178 valence electrons. The minimum absolute atomic E-state index is 0.0233. The number of nitrogens with one attached hydrogen (secondary N) is 1. The molecule has 0 saturated carbocycles. The van der Waals surface area contributed by atoms with Gasteiger partial charge in [-0.15, -0.1) is 0 Å². The Labute approximate surface area is 205 Å². The average molecular weight is 492 g/mol. The quantitative estimate of drug-likeness (QED) is 0.364. The van der Waals surface area contributed by atoms with Crippen LogP contribution in [0.3, 0.4) is 0 Å². The van der Waals surface area contributed by atoms with E-state index in [-0.39, 0.29) is 30.5 Å². The number of carbonyl (C=O) groups excluding carboxylic acids is 2. The van der Waals surface area contributed by atoms with E-state index in [1.807, 2.05) is 4.57 Å². The largest absolute Gasteiger partial charge is 0.396 e. The van der Waals surface area contributed by atoms with Gasteiger partial charge in [0.05, 0.1) is 37.2 Å². The Hall–Kier alpha value is -3.66. The van der Waals surface area contributed by atoms with E-state index in [4.69, 9.17) is 16.3 Å². The third-order valence-electron chi connectivity index (χ3n) is 6.01. The molecule has 2 N–H and O–H groups in total. The van der Waals surface area contributed by atoms with Crippen molar-refractivity contribution >= 4 is 40.1 Å². The summed E-state index contributed by atoms with van der Waals surface area (Å²) >= 11 is 5.89. The number of ketones is 1. The second kappa shape index (κ2) is 9.53. The number of aliphatic hydroxyl groups is 1. The molecule has 1 aliphatic rings. The Kier molecular flexibility index (Phi) is 6.29. The van der Waals surface area contributed by atoms with Crippen LogP contribution in [0.5, 0.6) is 0 Å². The number of ether oxygens (including phenoxy) is 1. The van der Waals surface area contributed by atoms with Crippen LogP contribution in [0.15, 0.2) is 61.3 Å². The van der Waals surface area contributed by atoms with E-state index in [2.05, 4.69) is 20.3 Å². The minimum atomic E-state index is -0.393. The lowest BCUT2D eigenvalue weighted by Crippen LogP contribution is -2.48. The van der Waals surface area contributed by atoms with Crippen LogP contribution >= 0.6 is 11.6 Å². The first kappa shape index (κ1) is 23.1. The fourth-order valence-corrected chi connectivity index (χ4v) is 4.21. The summed E-state index contributed by atoms with van der Waals surface area (Å²) in [4.78, 5) is 38.6. The van der Waals surface area contributed by atoms with Crippen molar-refractivity contribution in [3.05, 3.63) is 83.0 Å². The lowest BCUT2D eigenvalue weighted by atomic mass is 9.87. The van der Waals surface area contributed by atoms with Crippen LogP contribution in [-0.2, 0) is 22.5 Å². The van der Waals surface area contributed by atoms with Crippen molar-refractivity contribution in [3.63, 3.8) is 0 Å². The van der Waals surface area contributed by atoms with Gasteiger partial charge < -0.3 is 19.7 Å². The molecule has 10 heteroatoms. The molecule has 0 spiro atoms. The zero-order valence-electron chi connectivity index (χ0n) is 18.6. The molecule has 35 heavy (non-hydrogen) atoms. The lowest BCUT2D eigenvalue weighted by Gasteiger charge is -2.40. The lowest BCUT2D eigenvalue weighted by molar-refractivity contribution is -0.144. The molecule has 0 atom stereocenters. The van der Waals surface area contributed by atoms with Crippen molar-refractivity contribution in [2.75, 3.05) is 25.1 Å². The Morgan fingerprint density at radius 3 is 2.69 bits per heavy atom. The number of pyridine rings is 1. The molecule has 1 aliphatic heterocycles. The molecule has 5 rings (SSSR count). The molecule has 1 saturated heterocycles. The molecule has 3 aromatic heterocycles. The van der Waals surface area contributed by atoms with Crippen molar-refractivity contribution in [1.82, 2.24) is 19.5 Å². The molecule has 0 radical (unpaired) electrons. The summed E-state index contributed by atoms with van der Waals surface area (Å²) in [7, 11) is 0. The molecule has 4 aromatic rings. The van der Waals surface area contributed by atoms with E-state index >= 15 is 0 Å². The number of benzene rings is 1. The third kappa shape index (κ3) is 4.79. The van der Waals surface area contributed by atoms with Crippen LogP contribution in [0.2, 0.25) is 5.02 Å². The number of aliphatic hydroxyl groups excluding tert-OH is 1. The maximum absolute atomic E-state index is 13.5. The summed E-state index contributed by atoms with van der Waals surface area (Å²) in [6.07, 6.45) is 6.39. The molecule has 0 aliphatic carbocycles. The fourth-order valence-electron chi connectivity index (χ4n) is 4.09. The van der Waals surface area contributed by atoms with Gasteiger partial charge in [-0.3, -0.25) is 9.59 Å². The van der Waals surface area contributed by atoms with Crippen LogP contribution in [-0.4, -0.2) is 56.1 Å². The highest BCUT2D eigenvalue weighted by atomic mass is 35.5. The zero-order chi connectivity index (χ0) is 24.4. The van der Waals surface area contributed by atoms with Gasteiger partial charge in [0.2, 0.25) is 5.91 Å². The van der Waals surface area contributed by atoms with E-state index in [0.717, 1.165) is 5.56 Å². The number of hydrogen-bond donors (Lipinski definition) is 2. The van der Waals surface area contributed by atoms with Gasteiger partial charge >= 0.3 is 0 Å². The van der Waals surface area contributed by atoms with Crippen LogP contribution in [0.1, 0.15) is 21.5 Å². The summed E-state index contributed by atoms with van der Waals surface area (Å²) in [5.74, 6) is -0.228. The number of nitrogens with zero attached hydrogens (tertiary/aromatic N) is 4. The molecule has 4 heterocycles. The van der Waals surface area contributed by atoms with E-state index < -0.39 is 5.41 Å². The first-order chi connectivity index (χ1) is 17.0. The topological polar surface area (TPSA) is 119 Å². The highest BCUT2D eigenvalue weighted by molar-refractivity contribution is 6.30. The van der Waals surface area contributed by atoms with Crippen LogP contribution in [0.4, 0.5) is 5.82 Å². The first-order valence-corrected chi connectivity index (χ1v) is 11.4. The van der Waals surface area contributed by atoms with Gasteiger partial charge in [-0.2, -0.15) is 0 Å². The Morgan fingerprint density at radius 1 is 1.17 bits per heavy atom. The zero-order valence-corrected chi connectivity index (χ0v) is 19.4. The number of anilines is 1. The van der Waals surface area contributed by atoms with Gasteiger partial charge in [0.1, 0.15) is 17.8 Å². The van der Waals surface area contributed by atoms with Gasteiger partial charge in [-0.1, -0.05) is 23.7 Å². The van der Waals surface area contributed by atoms with Crippen molar-refractivity contribution < 1.29 is 19.4 Å². The second-order valence-corrected chi connectivity index (χ2v) is 9.13. The maximum Gasteiger partial charge on any atom is 0.229 e. The van der Waals surface area contributed by atoms with E-state index in [0.29, 0.717) is 46.9 Å². The number of hydrogen-bond acceptors (Lipinski definition) is 7. The summed E-state index contributed by atoms with van der Waals surface area (Å²) < 4.78 is 7.16. The summed E-state index contributed by atoms with van der Waals surface area (Å²) in [5.41, 5.74) is 1.82. The number of amides is 1. The van der Waals surface area contributed by atoms with Crippen LogP contribution in [0, 0.1) is 5.41 Å². The molecular weight excluding hydrogens is 470 g/mol. The summed E-state index contributed by atoms with van der Waals surface area (Å²) in [6.45, 7) is 1.33. The van der Waals surface area contributed by atoms with Crippen LogP contribution < -0.4 is 5.32 Å². The van der Waals surface area contributed by atoms with Crippen molar-refractivity contribution in [3.8, 4) is 0 Å². The predicted molar refractivity (Wildman–Crippen MR) is 129 cm³/mol. The van der Waals surface area contributed by atoms with Gasteiger partial charge in [0.25, 0.3) is 0 Å². The Balaban J connectivity index is 1.38. The summed E-state index contributed by atoms with van der Waals surface area (Å²) in [5, 5.41) is 13.8. The van der Waals surface area contributed by atoms with E-state index in [1.165, 1.54) is 12.5 Å². The van der Waals surface area contributed by atoms with Gasteiger partial charge in [-0.25, -0.2) is 15.0 Å². The molecule has 9 nitrogen and oxygen atoms in total. The van der Waals surface area contributed by atoms with Crippen LogP contribution in [0.25, 0.3) is 11.0 Å². The molecule has 0 unspecified atom stereocenters. The standard InChI is InChI=1S/C25H22ClN5O4/c26-18-3-1-16(2-4-18)7-22(33)30-21-8-17(5-6-28-21)23(34)20-10-31(11-25(12-32)13-35-14-25)24-19(20)9-27-15-29-24/h1-6,8-10,15,32H,7,11-14H2,(H,28,30,33). The first-order valence-electron chi connectivity index (χ1n) is 11.0. The number of rotatable bonds is 8. The SMILES string of the molecule is O=C(Cc1ccc(Cl)cc1)Nc1cc(C(=O)c2cn(CC3(CO)COC3)c3ncncc23)ccn1. The van der Waals surface area contributed by atoms with Crippen molar-refractivity contribution in [2.45, 2.75) is 13.0 Å². The molecule has 1 fully saturated rings. The van der Waals surface area contributed by atoms with Gasteiger partial charge in [0, 0.05) is 41.1 Å². The molecule has 1 aromatic carbocycles. The van der Waals surface area contributed by atoms with E-state index in [1.54, 1.807) is 48.8 Å².